The third-order valence-corrected chi connectivity index (χ3v) is 3.10. The van der Waals surface area contributed by atoms with Crippen molar-refractivity contribution in [1.82, 2.24) is 0 Å². The summed E-state index contributed by atoms with van der Waals surface area (Å²) in [6, 6.07) is 0. The van der Waals surface area contributed by atoms with E-state index in [1.165, 1.54) is 13.8 Å². The highest BCUT2D eigenvalue weighted by atomic mass is 16.4. The van der Waals surface area contributed by atoms with Gasteiger partial charge in [-0.2, -0.15) is 0 Å². The van der Waals surface area contributed by atoms with Gasteiger partial charge in [0.25, 0.3) is 0 Å². The molecule has 0 aliphatic carbocycles. The highest BCUT2D eigenvalue weighted by molar-refractivity contribution is 5.82. The maximum atomic E-state index is 11.3. The van der Waals surface area contributed by atoms with Crippen molar-refractivity contribution in [3.05, 3.63) is 0 Å². The molecule has 0 radical (unpaired) electrons. The Morgan fingerprint density at radius 1 is 1.06 bits per heavy atom. The molecule has 100 valence electrons. The van der Waals surface area contributed by atoms with Crippen molar-refractivity contribution in [3.8, 4) is 0 Å². The Labute approximate surface area is 103 Å². The Morgan fingerprint density at radius 2 is 1.47 bits per heavy atom. The van der Waals surface area contributed by atoms with E-state index < -0.39 is 23.3 Å². The van der Waals surface area contributed by atoms with Gasteiger partial charge in [-0.05, 0) is 31.6 Å². The van der Waals surface area contributed by atoms with Gasteiger partial charge in [0, 0.05) is 0 Å². The Kier molecular flexibility index (Phi) is 4.75. The van der Waals surface area contributed by atoms with E-state index in [4.69, 9.17) is 5.11 Å². The molecule has 0 spiro atoms. The predicted molar refractivity (Wildman–Crippen MR) is 65.8 cm³/mol. The number of carbonyl (C=O) groups is 2. The van der Waals surface area contributed by atoms with Crippen LogP contribution in [0, 0.1) is 22.7 Å². The summed E-state index contributed by atoms with van der Waals surface area (Å²) in [7, 11) is 0. The summed E-state index contributed by atoms with van der Waals surface area (Å²) in [5, 5.41) is 18.4. The molecule has 0 saturated heterocycles. The van der Waals surface area contributed by atoms with Crippen LogP contribution in [0.2, 0.25) is 0 Å². The van der Waals surface area contributed by atoms with Crippen LogP contribution in [0.3, 0.4) is 0 Å². The molecule has 0 fully saturated rings. The molecule has 0 aliphatic rings. The quantitative estimate of drug-likeness (QED) is 0.779. The predicted octanol–water partition coefficient (Wildman–Crippen LogP) is 2.87. The van der Waals surface area contributed by atoms with E-state index in [1.807, 2.05) is 27.7 Å². The maximum absolute atomic E-state index is 11.3. The van der Waals surface area contributed by atoms with Crippen LogP contribution in [-0.4, -0.2) is 22.2 Å². The van der Waals surface area contributed by atoms with Crippen molar-refractivity contribution in [1.29, 1.82) is 0 Å². The van der Waals surface area contributed by atoms with Gasteiger partial charge in [-0.1, -0.05) is 27.7 Å². The van der Waals surface area contributed by atoms with Crippen LogP contribution in [0.4, 0.5) is 0 Å². The van der Waals surface area contributed by atoms with Crippen LogP contribution >= 0.6 is 0 Å². The van der Waals surface area contributed by atoms with Gasteiger partial charge in [0.2, 0.25) is 0 Å². The number of carboxylic acids is 2. The van der Waals surface area contributed by atoms with Crippen LogP contribution in [0.25, 0.3) is 0 Å². The van der Waals surface area contributed by atoms with Crippen LogP contribution < -0.4 is 0 Å². The fourth-order valence-electron chi connectivity index (χ4n) is 2.48. The molecule has 2 atom stereocenters. The molecule has 4 heteroatoms. The van der Waals surface area contributed by atoms with E-state index >= 15 is 0 Å². The smallest absolute Gasteiger partial charge is 0.309 e. The van der Waals surface area contributed by atoms with E-state index in [2.05, 4.69) is 0 Å². The molecule has 4 nitrogen and oxygen atoms in total. The molecule has 2 N–H and O–H groups in total. The lowest BCUT2D eigenvalue weighted by atomic mass is 9.68. The first kappa shape index (κ1) is 15.9. The monoisotopic (exact) mass is 244 g/mol. The zero-order valence-electron chi connectivity index (χ0n) is 11.6. The highest BCUT2D eigenvalue weighted by Gasteiger charge is 2.45. The normalized spacial score (nSPS) is 16.4. The topological polar surface area (TPSA) is 74.6 Å². The van der Waals surface area contributed by atoms with Gasteiger partial charge >= 0.3 is 11.9 Å². The average molecular weight is 244 g/mol. The molecule has 0 aromatic heterocycles. The van der Waals surface area contributed by atoms with Crippen LogP contribution in [-0.2, 0) is 9.59 Å². The Balaban J connectivity index is 5.13. The van der Waals surface area contributed by atoms with Gasteiger partial charge in [-0.15, -0.1) is 0 Å². The Hall–Kier alpha value is -1.06. The molecular formula is C13H24O4. The number of carboxylic acid groups (broad SMARTS) is 2. The molecule has 2 unspecified atom stereocenters. The van der Waals surface area contributed by atoms with E-state index in [1.54, 1.807) is 0 Å². The van der Waals surface area contributed by atoms with E-state index in [0.717, 1.165) is 0 Å². The first-order valence-corrected chi connectivity index (χ1v) is 5.86. The Bertz CT molecular complexity index is 299. The molecule has 0 aromatic rings. The molecule has 0 heterocycles. The zero-order chi connectivity index (χ0) is 14.0. The first-order chi connectivity index (χ1) is 7.39. The minimum Gasteiger partial charge on any atom is -0.481 e. The van der Waals surface area contributed by atoms with Gasteiger partial charge in [-0.25, -0.2) is 0 Å². The zero-order valence-corrected chi connectivity index (χ0v) is 11.6. The highest BCUT2D eigenvalue weighted by Crippen LogP contribution is 2.38. The van der Waals surface area contributed by atoms with Gasteiger partial charge in [-0.3, -0.25) is 9.59 Å². The second kappa shape index (κ2) is 5.07. The summed E-state index contributed by atoms with van der Waals surface area (Å²) in [5.74, 6) is -3.15. The number of aliphatic carboxylic acids is 2. The molecule has 0 rings (SSSR count). The summed E-state index contributed by atoms with van der Waals surface area (Å²) >= 11 is 0. The van der Waals surface area contributed by atoms with Gasteiger partial charge in [0.1, 0.15) is 0 Å². The minimum atomic E-state index is -1.25. The first-order valence-electron chi connectivity index (χ1n) is 5.86. The third-order valence-electron chi connectivity index (χ3n) is 3.10. The molecule has 0 saturated carbocycles. The fraction of sp³-hybridized carbons (Fsp3) is 0.846. The summed E-state index contributed by atoms with van der Waals surface area (Å²) in [6.07, 6.45) is 0.681. The van der Waals surface area contributed by atoms with Crippen molar-refractivity contribution in [3.63, 3.8) is 0 Å². The summed E-state index contributed by atoms with van der Waals surface area (Å²) in [5.41, 5.74) is -1.27. The lowest BCUT2D eigenvalue weighted by Gasteiger charge is -2.34. The average Bonchev–Trinajstić information content (AvgIpc) is 1.97. The molecule has 0 amide bonds. The minimum absolute atomic E-state index is 0.0122. The summed E-state index contributed by atoms with van der Waals surface area (Å²) in [6.45, 7) is 10.8. The molecule has 0 bridgehead atoms. The van der Waals surface area contributed by atoms with Gasteiger partial charge < -0.3 is 10.2 Å². The summed E-state index contributed by atoms with van der Waals surface area (Å²) in [4.78, 5) is 22.5. The van der Waals surface area contributed by atoms with Crippen molar-refractivity contribution in [2.24, 2.45) is 22.7 Å². The van der Waals surface area contributed by atoms with Crippen molar-refractivity contribution in [2.75, 3.05) is 0 Å². The standard InChI is InChI=1S/C13H24O4/c1-8(7-12(2,3)4)9(10(14)15)13(5,6)11(16)17/h8-9H,7H2,1-6H3,(H,14,15)(H,16,17). The van der Waals surface area contributed by atoms with Crippen LogP contribution in [0.15, 0.2) is 0 Å². The fourth-order valence-corrected chi connectivity index (χ4v) is 2.48. The lowest BCUT2D eigenvalue weighted by molar-refractivity contribution is -0.163. The third kappa shape index (κ3) is 4.36. The maximum Gasteiger partial charge on any atom is 0.309 e. The summed E-state index contributed by atoms with van der Waals surface area (Å²) < 4.78 is 0. The van der Waals surface area contributed by atoms with Gasteiger partial charge in [0.15, 0.2) is 0 Å². The second-order valence-electron chi connectivity index (χ2n) is 6.58. The van der Waals surface area contributed by atoms with E-state index in [9.17, 15) is 14.7 Å². The molecule has 0 aromatic carbocycles. The number of hydrogen-bond donors (Lipinski definition) is 2. The molecular weight excluding hydrogens is 220 g/mol. The largest absolute Gasteiger partial charge is 0.481 e. The van der Waals surface area contributed by atoms with Crippen LogP contribution in [0.5, 0.6) is 0 Å². The number of hydrogen-bond acceptors (Lipinski definition) is 2. The van der Waals surface area contributed by atoms with Gasteiger partial charge in [0.05, 0.1) is 11.3 Å². The van der Waals surface area contributed by atoms with Crippen molar-refractivity contribution >= 4 is 11.9 Å². The second-order valence-corrected chi connectivity index (χ2v) is 6.58. The number of rotatable bonds is 5. The van der Waals surface area contributed by atoms with E-state index in [0.29, 0.717) is 6.42 Å². The molecule has 0 aliphatic heterocycles. The van der Waals surface area contributed by atoms with Crippen molar-refractivity contribution in [2.45, 2.75) is 48.0 Å². The van der Waals surface area contributed by atoms with E-state index in [-0.39, 0.29) is 11.3 Å². The SMILES string of the molecule is CC(CC(C)(C)C)C(C(=O)O)C(C)(C)C(=O)O. The van der Waals surface area contributed by atoms with Crippen molar-refractivity contribution < 1.29 is 19.8 Å². The molecule has 17 heavy (non-hydrogen) atoms. The lowest BCUT2D eigenvalue weighted by Crippen LogP contribution is -2.42. The Morgan fingerprint density at radius 3 is 1.71 bits per heavy atom. The van der Waals surface area contributed by atoms with Crippen LogP contribution in [0.1, 0.15) is 48.0 Å².